The average Bonchev–Trinajstić information content (AvgIpc) is 2.93. The lowest BCUT2D eigenvalue weighted by Crippen LogP contribution is -2.22. The molecule has 0 aromatic carbocycles. The number of hydrogen-bond acceptors (Lipinski definition) is 4. The molecular weight excluding hydrogens is 240 g/mol. The molecule has 0 unspecified atom stereocenters. The van der Waals surface area contributed by atoms with E-state index in [1.54, 1.807) is 16.0 Å². The minimum atomic E-state index is 0.286. The Bertz CT molecular complexity index is 541. The summed E-state index contributed by atoms with van der Waals surface area (Å²) < 4.78 is 1.62. The number of rotatable bonds is 1. The lowest BCUT2D eigenvalue weighted by Gasteiger charge is -2.01. The number of nitrogens with one attached hydrogen (secondary N) is 1. The molecular formula is C10H10N4S2. The molecule has 2 aromatic rings. The Morgan fingerprint density at radius 2 is 2.50 bits per heavy atom. The molecule has 6 heteroatoms. The van der Waals surface area contributed by atoms with Crippen molar-refractivity contribution in [1.29, 1.82) is 0 Å². The van der Waals surface area contributed by atoms with Crippen LogP contribution in [0.3, 0.4) is 0 Å². The van der Waals surface area contributed by atoms with Crippen LogP contribution in [0.2, 0.25) is 0 Å². The normalized spacial score (nSPS) is 13.5. The monoisotopic (exact) mass is 250 g/mol. The van der Waals surface area contributed by atoms with Gasteiger partial charge in [-0.15, -0.1) is 11.3 Å². The van der Waals surface area contributed by atoms with E-state index in [4.69, 9.17) is 18.0 Å². The molecule has 0 bridgehead atoms. The third-order valence-electron chi connectivity index (χ3n) is 2.61. The second kappa shape index (κ2) is 3.57. The van der Waals surface area contributed by atoms with Crippen molar-refractivity contribution < 1.29 is 0 Å². The topological polar surface area (TPSA) is 55.9 Å². The van der Waals surface area contributed by atoms with Crippen LogP contribution < -0.4 is 11.1 Å². The van der Waals surface area contributed by atoms with Gasteiger partial charge in [0.25, 0.3) is 0 Å². The highest BCUT2D eigenvalue weighted by molar-refractivity contribution is 7.80. The van der Waals surface area contributed by atoms with Gasteiger partial charge in [0.05, 0.1) is 4.88 Å². The molecule has 2 aromatic heterocycles. The largest absolute Gasteiger partial charge is 0.374 e. The Labute approximate surface area is 102 Å². The maximum Gasteiger partial charge on any atom is 0.193 e. The molecule has 0 spiro atoms. The highest BCUT2D eigenvalue weighted by atomic mass is 32.1. The van der Waals surface area contributed by atoms with E-state index in [0.717, 1.165) is 29.4 Å². The minimum Gasteiger partial charge on any atom is -0.374 e. The molecule has 0 aliphatic carbocycles. The first-order valence-electron chi connectivity index (χ1n) is 4.97. The molecule has 0 fully saturated rings. The van der Waals surface area contributed by atoms with E-state index in [9.17, 15) is 0 Å². The highest BCUT2D eigenvalue weighted by Crippen LogP contribution is 2.34. The third-order valence-corrected chi connectivity index (χ3v) is 3.66. The maximum atomic E-state index is 5.65. The number of aromatic nitrogens is 2. The summed E-state index contributed by atoms with van der Waals surface area (Å²) in [6.07, 6.45) is 0.977. The van der Waals surface area contributed by atoms with E-state index in [1.807, 2.05) is 11.4 Å². The second-order valence-corrected chi connectivity index (χ2v) is 4.95. The molecule has 3 N–H and O–H groups in total. The third kappa shape index (κ3) is 1.34. The Morgan fingerprint density at radius 1 is 1.62 bits per heavy atom. The molecule has 0 radical (unpaired) electrons. The summed E-state index contributed by atoms with van der Waals surface area (Å²) in [6, 6.07) is 4.09. The van der Waals surface area contributed by atoms with Crippen molar-refractivity contribution in [2.45, 2.75) is 6.42 Å². The van der Waals surface area contributed by atoms with Crippen LogP contribution in [0.5, 0.6) is 0 Å². The van der Waals surface area contributed by atoms with Crippen molar-refractivity contribution in [3.05, 3.63) is 23.1 Å². The van der Waals surface area contributed by atoms with Crippen molar-refractivity contribution in [3.8, 4) is 10.6 Å². The van der Waals surface area contributed by atoms with Gasteiger partial charge in [-0.2, -0.15) is 9.78 Å². The Hall–Kier alpha value is -1.40. The highest BCUT2D eigenvalue weighted by Gasteiger charge is 2.24. The number of anilines is 1. The van der Waals surface area contributed by atoms with Crippen LogP contribution in [-0.4, -0.2) is 21.4 Å². The standard InChI is InChI=1S/C10H10N4S2/c11-10(15)14-9-6(3-4-12-9)8(13-14)7-2-1-5-16-7/h1-2,5,12H,3-4H2,(H2,11,15). The number of fused-ring (bicyclic) bond motifs is 1. The molecule has 1 aliphatic heterocycles. The van der Waals surface area contributed by atoms with Crippen LogP contribution in [0.1, 0.15) is 5.56 Å². The molecule has 0 saturated carbocycles. The molecule has 0 amide bonds. The van der Waals surface area contributed by atoms with Gasteiger partial charge in [-0.1, -0.05) is 6.07 Å². The summed E-state index contributed by atoms with van der Waals surface area (Å²) in [5.41, 5.74) is 7.87. The van der Waals surface area contributed by atoms with Gasteiger partial charge in [-0.25, -0.2) is 0 Å². The van der Waals surface area contributed by atoms with Gasteiger partial charge in [0.1, 0.15) is 11.5 Å². The van der Waals surface area contributed by atoms with Gasteiger partial charge in [-0.05, 0) is 30.1 Å². The summed E-state index contributed by atoms with van der Waals surface area (Å²) in [7, 11) is 0. The van der Waals surface area contributed by atoms with Gasteiger partial charge in [-0.3, -0.25) is 0 Å². The quantitative estimate of drug-likeness (QED) is 0.756. The summed E-state index contributed by atoms with van der Waals surface area (Å²) >= 11 is 6.67. The number of hydrogen-bond donors (Lipinski definition) is 2. The molecule has 0 saturated heterocycles. The van der Waals surface area contributed by atoms with Crippen LogP contribution in [-0.2, 0) is 6.42 Å². The Kier molecular flexibility index (Phi) is 2.19. The lowest BCUT2D eigenvalue weighted by atomic mass is 10.2. The molecule has 3 rings (SSSR count). The van der Waals surface area contributed by atoms with E-state index >= 15 is 0 Å². The van der Waals surface area contributed by atoms with Gasteiger partial charge in [0, 0.05) is 12.1 Å². The van der Waals surface area contributed by atoms with Crippen LogP contribution in [0.25, 0.3) is 10.6 Å². The first kappa shape index (κ1) is 9.80. The summed E-state index contributed by atoms with van der Waals surface area (Å²) in [5, 5.41) is 10.1. The number of nitrogens with two attached hydrogens (primary N) is 1. The van der Waals surface area contributed by atoms with E-state index < -0.39 is 0 Å². The average molecular weight is 250 g/mol. The molecule has 82 valence electrons. The minimum absolute atomic E-state index is 0.286. The molecule has 3 heterocycles. The van der Waals surface area contributed by atoms with Crippen molar-refractivity contribution in [2.24, 2.45) is 5.73 Å². The first-order valence-corrected chi connectivity index (χ1v) is 6.25. The first-order chi connectivity index (χ1) is 7.77. The van der Waals surface area contributed by atoms with Gasteiger partial charge >= 0.3 is 0 Å². The summed E-state index contributed by atoms with van der Waals surface area (Å²) in [5.74, 6) is 0.955. The van der Waals surface area contributed by atoms with Crippen molar-refractivity contribution in [1.82, 2.24) is 9.78 Å². The zero-order chi connectivity index (χ0) is 11.1. The predicted octanol–water partition coefficient (Wildman–Crippen LogP) is 1.67. The lowest BCUT2D eigenvalue weighted by molar-refractivity contribution is 0.937. The van der Waals surface area contributed by atoms with E-state index in [1.165, 1.54) is 5.56 Å². The van der Waals surface area contributed by atoms with Crippen molar-refractivity contribution in [2.75, 3.05) is 11.9 Å². The van der Waals surface area contributed by atoms with E-state index in [0.29, 0.717) is 0 Å². The van der Waals surface area contributed by atoms with E-state index in [2.05, 4.69) is 16.5 Å². The predicted molar refractivity (Wildman–Crippen MR) is 69.9 cm³/mol. The fourth-order valence-corrected chi connectivity index (χ4v) is 2.81. The van der Waals surface area contributed by atoms with Crippen molar-refractivity contribution in [3.63, 3.8) is 0 Å². The molecule has 4 nitrogen and oxygen atoms in total. The molecule has 16 heavy (non-hydrogen) atoms. The van der Waals surface area contributed by atoms with Gasteiger partial charge < -0.3 is 11.1 Å². The maximum absolute atomic E-state index is 5.65. The molecule has 1 aliphatic rings. The van der Waals surface area contributed by atoms with Crippen molar-refractivity contribution >= 4 is 34.5 Å². The van der Waals surface area contributed by atoms with Crippen LogP contribution in [0.4, 0.5) is 5.82 Å². The molecule has 0 atom stereocenters. The Balaban J connectivity index is 2.20. The van der Waals surface area contributed by atoms with Gasteiger partial charge in [0.2, 0.25) is 0 Å². The second-order valence-electron chi connectivity index (χ2n) is 3.58. The van der Waals surface area contributed by atoms with Crippen LogP contribution in [0.15, 0.2) is 17.5 Å². The van der Waals surface area contributed by atoms with Gasteiger partial charge in [0.15, 0.2) is 5.11 Å². The number of thiocarbonyl (C=S) groups is 1. The fourth-order valence-electron chi connectivity index (χ4n) is 1.95. The van der Waals surface area contributed by atoms with Crippen LogP contribution >= 0.6 is 23.6 Å². The smallest absolute Gasteiger partial charge is 0.193 e. The zero-order valence-corrected chi connectivity index (χ0v) is 10.1. The summed E-state index contributed by atoms with van der Waals surface area (Å²) in [4.78, 5) is 1.16. The number of thiophene rings is 1. The zero-order valence-electron chi connectivity index (χ0n) is 8.43. The number of nitrogens with zero attached hydrogens (tertiary/aromatic N) is 2. The fraction of sp³-hybridized carbons (Fsp3) is 0.200. The Morgan fingerprint density at radius 3 is 3.19 bits per heavy atom. The van der Waals surface area contributed by atoms with Crippen LogP contribution in [0, 0.1) is 0 Å². The van der Waals surface area contributed by atoms with E-state index in [-0.39, 0.29) is 5.11 Å². The SMILES string of the molecule is NC(=S)n1nc(-c2cccs2)c2c1NCC2. The summed E-state index contributed by atoms with van der Waals surface area (Å²) in [6.45, 7) is 0.925.